The van der Waals surface area contributed by atoms with Crippen molar-refractivity contribution in [2.75, 3.05) is 33.4 Å². The van der Waals surface area contributed by atoms with E-state index in [0.29, 0.717) is 19.3 Å². The summed E-state index contributed by atoms with van der Waals surface area (Å²) in [5.41, 5.74) is 17.2. The van der Waals surface area contributed by atoms with Gasteiger partial charge in [-0.2, -0.15) is 0 Å². The molecule has 488 valence electrons. The molecule has 12 amide bonds. The van der Waals surface area contributed by atoms with Gasteiger partial charge in [-0.05, 0) is 68.9 Å². The van der Waals surface area contributed by atoms with Gasteiger partial charge in [0.1, 0.15) is 60.4 Å². The Morgan fingerprint density at radius 1 is 0.598 bits per heavy atom. The molecule has 0 spiro atoms. The Bertz CT molecular complexity index is 2520. The van der Waals surface area contributed by atoms with Crippen LogP contribution in [0.2, 0.25) is 0 Å². The Hall–Kier alpha value is -7.99. The van der Waals surface area contributed by atoms with Crippen molar-refractivity contribution in [3.05, 3.63) is 35.9 Å². The highest BCUT2D eigenvalue weighted by atomic mass is 16.3. The molecule has 1 heterocycles. The summed E-state index contributed by atoms with van der Waals surface area (Å²) < 4.78 is 0. The van der Waals surface area contributed by atoms with Crippen LogP contribution in [0.5, 0.6) is 0 Å². The Kier molecular flexibility index (Phi) is 33.0. The van der Waals surface area contributed by atoms with E-state index in [9.17, 15) is 67.7 Å². The van der Waals surface area contributed by atoms with Crippen LogP contribution in [0.15, 0.2) is 35.3 Å². The SMILES string of the molecule is CC[C@H](C)[C@@H]1NC(=O)[C@H](CCCN=C(N)N)NC(=O)[C@H](C)NC(=O)[C@H](NC(=O)[C@H](CO)NC(=O)[C@@H](NC(=O)[C@H](NC(=O)[C@@H](CCC(N)=O)NC(=O)[C@H](CO)NC(=O)[C@@H](NC(=O)[C@@H](Cc2ccccc2)NC)[C@@H](C)CC)[C@@H](C)CC)[C@@H](C)CC)CNC1=O. The number of amides is 12. The van der Waals surface area contributed by atoms with Crippen molar-refractivity contribution in [2.24, 2.45) is 45.9 Å². The number of carbonyl (C=O) groups is 12. The number of rotatable bonds is 34. The minimum Gasteiger partial charge on any atom is -0.394 e. The number of nitrogens with zero attached hydrogens (tertiary/aromatic N) is 1. The van der Waals surface area contributed by atoms with Crippen molar-refractivity contribution >= 4 is 76.8 Å². The lowest BCUT2D eigenvalue weighted by Gasteiger charge is -2.31. The summed E-state index contributed by atoms with van der Waals surface area (Å²) in [5, 5.41) is 51.8. The van der Waals surface area contributed by atoms with E-state index in [2.05, 4.69) is 68.8 Å². The van der Waals surface area contributed by atoms with E-state index in [1.165, 1.54) is 6.92 Å². The molecule has 1 saturated heterocycles. The molecule has 20 N–H and O–H groups in total. The third kappa shape index (κ3) is 24.7. The maximum absolute atomic E-state index is 14.4. The highest BCUT2D eigenvalue weighted by Gasteiger charge is 2.39. The number of likely N-dealkylation sites (N-methyl/N-ethyl adjacent to an activating group) is 1. The third-order valence-corrected chi connectivity index (χ3v) is 15.5. The van der Waals surface area contributed by atoms with Gasteiger partial charge < -0.3 is 91.2 Å². The van der Waals surface area contributed by atoms with E-state index in [1.54, 1.807) is 62.4 Å². The summed E-state index contributed by atoms with van der Waals surface area (Å²) in [6.07, 6.45) is 1.11. The average Bonchev–Trinajstić information content (AvgIpc) is 3.56. The quantitative estimate of drug-likeness (QED) is 0.0175. The van der Waals surface area contributed by atoms with Crippen molar-refractivity contribution < 1.29 is 67.7 Å². The number of nitrogens with two attached hydrogens (primary N) is 3. The van der Waals surface area contributed by atoms with E-state index in [4.69, 9.17) is 17.2 Å². The fourth-order valence-electron chi connectivity index (χ4n) is 8.97. The number of benzene rings is 1. The van der Waals surface area contributed by atoms with E-state index >= 15 is 0 Å². The first-order valence-electron chi connectivity index (χ1n) is 29.7. The fraction of sp³-hybridized carbons (Fsp3) is 0.667. The molecule has 0 saturated carbocycles. The molecule has 0 bridgehead atoms. The lowest BCUT2D eigenvalue weighted by atomic mass is 9.94. The number of hydrogen-bond acceptors (Lipinski definition) is 16. The molecule has 0 radical (unpaired) electrons. The minimum atomic E-state index is -1.79. The zero-order valence-electron chi connectivity index (χ0n) is 51.7. The molecule has 0 aliphatic carbocycles. The Balaban J connectivity index is 2.37. The maximum Gasteiger partial charge on any atom is 0.245 e. The second-order valence-corrected chi connectivity index (χ2v) is 22.1. The van der Waals surface area contributed by atoms with Crippen LogP contribution in [-0.4, -0.2) is 187 Å². The molecule has 1 aromatic rings. The first kappa shape index (κ1) is 75.1. The third-order valence-electron chi connectivity index (χ3n) is 15.5. The largest absolute Gasteiger partial charge is 0.394 e. The van der Waals surface area contributed by atoms with Crippen LogP contribution in [0.4, 0.5) is 0 Å². The van der Waals surface area contributed by atoms with Gasteiger partial charge in [0, 0.05) is 19.5 Å². The van der Waals surface area contributed by atoms with E-state index in [0.717, 1.165) is 5.56 Å². The van der Waals surface area contributed by atoms with Gasteiger partial charge in [0.25, 0.3) is 0 Å². The molecule has 30 nitrogen and oxygen atoms in total. The summed E-state index contributed by atoms with van der Waals surface area (Å²) in [6.45, 7) is 12.5. The number of aliphatic hydroxyl groups excluding tert-OH is 2. The van der Waals surface area contributed by atoms with Crippen LogP contribution in [0.1, 0.15) is 119 Å². The average molecular weight is 1230 g/mol. The van der Waals surface area contributed by atoms with Crippen LogP contribution in [0.3, 0.4) is 0 Å². The van der Waals surface area contributed by atoms with E-state index < -0.39 is 194 Å². The maximum atomic E-state index is 14.4. The minimum absolute atomic E-state index is 0.0479. The number of nitrogens with one attached hydrogen (secondary N) is 12. The van der Waals surface area contributed by atoms with Crippen molar-refractivity contribution in [3.63, 3.8) is 0 Å². The van der Waals surface area contributed by atoms with Gasteiger partial charge in [-0.1, -0.05) is 111 Å². The van der Waals surface area contributed by atoms with Crippen molar-refractivity contribution in [1.82, 2.24) is 63.8 Å². The fourth-order valence-corrected chi connectivity index (χ4v) is 8.97. The molecule has 0 unspecified atom stereocenters. The first-order chi connectivity index (χ1) is 41.1. The highest BCUT2D eigenvalue weighted by Crippen LogP contribution is 2.16. The normalized spacial score (nSPS) is 20.3. The molecule has 1 fully saturated rings. The van der Waals surface area contributed by atoms with Crippen LogP contribution >= 0.6 is 0 Å². The highest BCUT2D eigenvalue weighted by molar-refractivity contribution is 6.00. The number of carbonyl (C=O) groups excluding carboxylic acids is 12. The molecule has 1 aliphatic rings. The van der Waals surface area contributed by atoms with Gasteiger partial charge >= 0.3 is 0 Å². The zero-order chi connectivity index (χ0) is 65.7. The van der Waals surface area contributed by atoms with Gasteiger partial charge in [0.2, 0.25) is 70.9 Å². The second-order valence-electron chi connectivity index (χ2n) is 22.1. The molecular weight excluding hydrogens is 1130 g/mol. The summed E-state index contributed by atoms with van der Waals surface area (Å²) in [6, 6.07) is -5.95. The molecule has 30 heteroatoms. The van der Waals surface area contributed by atoms with Gasteiger partial charge in [-0.3, -0.25) is 62.5 Å². The number of hydrogen-bond donors (Lipinski definition) is 17. The van der Waals surface area contributed by atoms with E-state index in [-0.39, 0.29) is 38.2 Å². The van der Waals surface area contributed by atoms with Gasteiger partial charge in [-0.15, -0.1) is 0 Å². The summed E-state index contributed by atoms with van der Waals surface area (Å²) in [7, 11) is 1.60. The van der Waals surface area contributed by atoms with Crippen LogP contribution in [-0.2, 0) is 64.0 Å². The topological polar surface area (TPSA) is 480 Å². The summed E-state index contributed by atoms with van der Waals surface area (Å²) in [4.78, 5) is 168. The van der Waals surface area contributed by atoms with Gasteiger partial charge in [-0.25, -0.2) is 0 Å². The molecule has 1 aromatic carbocycles. The standard InChI is InChI=1S/C57H96N16O14/c1-11-29(5)42-53(84)63-26-38(50(81)64-33(9)46(77)65-35(47(78)70-42)21-18-24-62-57(59)60)67-52(83)40(28-75)69-55(86)44(31(7)13-3)73-56(87)45(32(8)14-4)71-48(79)36(22-23-41(58)76)66-51(82)39(27-74)68-54(85)43(30(6)12-2)72-49(80)37(61-10)25-34-19-16-15-17-20-34/h15-17,19-20,29-33,35-40,42-45,61,74-75H,11-14,18,21-28H2,1-10H3,(H2,58,76)(H,63,84)(H,64,81)(H,65,77)(H,66,82)(H,67,83)(H,68,85)(H,69,86)(H,70,78)(H,71,79)(H,72,80)(H,73,87)(H4,59,60,62)/t29-,30-,31-,32-,33-,35-,36+,37+,38+,39-,40-,42-,43-,44-,45+/m0/s1. The number of aliphatic hydroxyl groups is 2. The van der Waals surface area contributed by atoms with Crippen molar-refractivity contribution in [2.45, 2.75) is 187 Å². The molecule has 0 aromatic heterocycles. The lowest BCUT2D eigenvalue weighted by molar-refractivity contribution is -0.137. The summed E-state index contributed by atoms with van der Waals surface area (Å²) >= 11 is 0. The van der Waals surface area contributed by atoms with Crippen molar-refractivity contribution in [3.8, 4) is 0 Å². The number of aliphatic imine (C=N–C) groups is 1. The molecular formula is C57H96N16O14. The van der Waals surface area contributed by atoms with E-state index in [1.807, 2.05) is 30.3 Å². The zero-order valence-corrected chi connectivity index (χ0v) is 51.7. The Labute approximate surface area is 508 Å². The Morgan fingerprint density at radius 3 is 1.56 bits per heavy atom. The predicted molar refractivity (Wildman–Crippen MR) is 321 cm³/mol. The predicted octanol–water partition coefficient (Wildman–Crippen LogP) is -4.70. The molecule has 1 aliphatic heterocycles. The van der Waals surface area contributed by atoms with Gasteiger partial charge in [0.15, 0.2) is 5.96 Å². The van der Waals surface area contributed by atoms with Crippen molar-refractivity contribution in [1.29, 1.82) is 0 Å². The smallest absolute Gasteiger partial charge is 0.245 e. The first-order valence-corrected chi connectivity index (χ1v) is 29.7. The molecule has 2 rings (SSSR count). The van der Waals surface area contributed by atoms with Crippen LogP contribution < -0.4 is 81.0 Å². The molecule has 87 heavy (non-hydrogen) atoms. The summed E-state index contributed by atoms with van der Waals surface area (Å²) in [5.74, 6) is -12.9. The van der Waals surface area contributed by atoms with Crippen LogP contribution in [0.25, 0.3) is 0 Å². The molecule has 15 atom stereocenters. The number of guanidine groups is 1. The van der Waals surface area contributed by atoms with Crippen LogP contribution in [0, 0.1) is 23.7 Å². The monoisotopic (exact) mass is 1230 g/mol. The lowest BCUT2D eigenvalue weighted by Crippen LogP contribution is -2.63. The second kappa shape index (κ2) is 38.2. The van der Waals surface area contributed by atoms with Gasteiger partial charge in [0.05, 0.1) is 19.3 Å². The number of primary amides is 1. The Morgan fingerprint density at radius 2 is 1.08 bits per heavy atom.